The Labute approximate surface area is 139 Å². The molecule has 0 atom stereocenters. The molecule has 1 amide bonds. The fourth-order valence-corrected chi connectivity index (χ4v) is 2.59. The number of methoxy groups -OCH3 is 1. The SMILES string of the molecule is COC(=NC(C)C)c1nc(NC(=O)Oc2ccccc2)sc1C. The summed E-state index contributed by atoms with van der Waals surface area (Å²) in [5.41, 5.74) is 0.626. The van der Waals surface area contributed by atoms with Gasteiger partial charge in [0, 0.05) is 10.9 Å². The number of rotatable bonds is 4. The van der Waals surface area contributed by atoms with Crippen molar-refractivity contribution in [1.29, 1.82) is 0 Å². The van der Waals surface area contributed by atoms with Crippen LogP contribution in [0.4, 0.5) is 9.93 Å². The fourth-order valence-electron chi connectivity index (χ4n) is 1.80. The van der Waals surface area contributed by atoms with Gasteiger partial charge in [-0.3, -0.25) is 5.32 Å². The fraction of sp³-hybridized carbons (Fsp3) is 0.312. The van der Waals surface area contributed by atoms with E-state index in [9.17, 15) is 4.79 Å². The molecule has 0 aliphatic carbocycles. The van der Waals surface area contributed by atoms with Gasteiger partial charge < -0.3 is 9.47 Å². The van der Waals surface area contributed by atoms with Crippen molar-refractivity contribution in [2.45, 2.75) is 26.8 Å². The molecular weight excluding hydrogens is 314 g/mol. The summed E-state index contributed by atoms with van der Waals surface area (Å²) in [5.74, 6) is 0.927. The Morgan fingerprint density at radius 3 is 2.61 bits per heavy atom. The summed E-state index contributed by atoms with van der Waals surface area (Å²) in [6.45, 7) is 5.81. The third kappa shape index (κ3) is 4.79. The molecule has 2 rings (SSSR count). The maximum Gasteiger partial charge on any atom is 0.418 e. The highest BCUT2D eigenvalue weighted by atomic mass is 32.1. The minimum atomic E-state index is -0.587. The van der Waals surface area contributed by atoms with Crippen LogP contribution >= 0.6 is 11.3 Å². The number of para-hydroxylation sites is 1. The lowest BCUT2D eigenvalue weighted by molar-refractivity contribution is 0.215. The van der Waals surface area contributed by atoms with Crippen molar-refractivity contribution in [2.75, 3.05) is 12.4 Å². The average Bonchev–Trinajstić information content (AvgIpc) is 2.85. The van der Waals surface area contributed by atoms with E-state index in [2.05, 4.69) is 15.3 Å². The van der Waals surface area contributed by atoms with Crippen molar-refractivity contribution < 1.29 is 14.3 Å². The predicted molar refractivity (Wildman–Crippen MR) is 91.6 cm³/mol. The molecule has 1 aromatic carbocycles. The van der Waals surface area contributed by atoms with Crippen molar-refractivity contribution in [3.8, 4) is 5.75 Å². The van der Waals surface area contributed by atoms with Crippen molar-refractivity contribution in [2.24, 2.45) is 4.99 Å². The molecule has 2 aromatic rings. The van der Waals surface area contributed by atoms with Crippen LogP contribution in [0.1, 0.15) is 24.4 Å². The van der Waals surface area contributed by atoms with Crippen molar-refractivity contribution in [3.63, 3.8) is 0 Å². The van der Waals surface area contributed by atoms with E-state index >= 15 is 0 Å². The van der Waals surface area contributed by atoms with Gasteiger partial charge in [-0.1, -0.05) is 18.2 Å². The Balaban J connectivity index is 2.10. The first-order chi connectivity index (χ1) is 11.0. The number of aliphatic imine (C=N–C) groups is 1. The summed E-state index contributed by atoms with van der Waals surface area (Å²) >= 11 is 1.34. The van der Waals surface area contributed by atoms with Crippen LogP contribution in [0.2, 0.25) is 0 Å². The molecule has 23 heavy (non-hydrogen) atoms. The zero-order valence-corrected chi connectivity index (χ0v) is 14.3. The number of carbonyl (C=O) groups excluding carboxylic acids is 1. The van der Waals surface area contributed by atoms with Crippen LogP contribution in [0.25, 0.3) is 0 Å². The summed E-state index contributed by atoms with van der Waals surface area (Å²) in [6.07, 6.45) is -0.587. The molecule has 1 heterocycles. The monoisotopic (exact) mass is 333 g/mol. The Morgan fingerprint density at radius 1 is 1.30 bits per heavy atom. The number of ether oxygens (including phenoxy) is 2. The zero-order valence-electron chi connectivity index (χ0n) is 13.5. The third-order valence-corrected chi connectivity index (χ3v) is 3.62. The zero-order chi connectivity index (χ0) is 16.8. The van der Waals surface area contributed by atoms with Gasteiger partial charge in [0.15, 0.2) is 5.13 Å². The van der Waals surface area contributed by atoms with Crippen LogP contribution in [-0.4, -0.2) is 30.1 Å². The van der Waals surface area contributed by atoms with Crippen molar-refractivity contribution >= 4 is 28.5 Å². The van der Waals surface area contributed by atoms with E-state index < -0.39 is 6.09 Å². The quantitative estimate of drug-likeness (QED) is 0.681. The number of aryl methyl sites for hydroxylation is 1. The number of carbonyl (C=O) groups is 1. The van der Waals surface area contributed by atoms with Crippen LogP contribution in [0.5, 0.6) is 5.75 Å². The Kier molecular flexibility index (Phi) is 5.70. The molecule has 0 saturated carbocycles. The smallest absolute Gasteiger partial charge is 0.418 e. The van der Waals surface area contributed by atoms with Crippen LogP contribution in [0.3, 0.4) is 0 Å². The van der Waals surface area contributed by atoms with Crippen molar-refractivity contribution in [3.05, 3.63) is 40.9 Å². The number of thiazole rings is 1. The minimum Gasteiger partial charge on any atom is -0.480 e. The van der Waals surface area contributed by atoms with Crippen LogP contribution in [-0.2, 0) is 4.74 Å². The lowest BCUT2D eigenvalue weighted by Gasteiger charge is -2.05. The van der Waals surface area contributed by atoms with E-state index in [4.69, 9.17) is 9.47 Å². The molecule has 0 saturated heterocycles. The molecule has 7 heteroatoms. The number of nitrogens with one attached hydrogen (secondary N) is 1. The maximum absolute atomic E-state index is 11.9. The number of amides is 1. The maximum atomic E-state index is 11.9. The van der Waals surface area contributed by atoms with E-state index in [1.807, 2.05) is 26.8 Å². The molecule has 0 aliphatic heterocycles. The molecule has 0 fully saturated rings. The third-order valence-electron chi connectivity index (χ3n) is 2.73. The molecule has 0 spiro atoms. The second-order valence-corrected chi connectivity index (χ2v) is 6.19. The van der Waals surface area contributed by atoms with Gasteiger partial charge >= 0.3 is 6.09 Å². The molecule has 1 N–H and O–H groups in total. The van der Waals surface area contributed by atoms with E-state index in [-0.39, 0.29) is 6.04 Å². The number of hydrogen-bond acceptors (Lipinski definition) is 6. The van der Waals surface area contributed by atoms with E-state index in [1.54, 1.807) is 31.4 Å². The lowest BCUT2D eigenvalue weighted by atomic mass is 10.3. The molecule has 0 radical (unpaired) electrons. The number of nitrogens with zero attached hydrogens (tertiary/aromatic N) is 2. The topological polar surface area (TPSA) is 72.8 Å². The van der Waals surface area contributed by atoms with Crippen LogP contribution in [0, 0.1) is 6.92 Å². The number of hydrogen-bond donors (Lipinski definition) is 1. The first-order valence-electron chi connectivity index (χ1n) is 7.13. The number of anilines is 1. The largest absolute Gasteiger partial charge is 0.480 e. The molecule has 0 aliphatic rings. The lowest BCUT2D eigenvalue weighted by Crippen LogP contribution is -2.17. The Morgan fingerprint density at radius 2 is 2.00 bits per heavy atom. The highest BCUT2D eigenvalue weighted by molar-refractivity contribution is 7.16. The van der Waals surface area contributed by atoms with E-state index in [0.29, 0.717) is 22.5 Å². The number of aromatic nitrogens is 1. The summed E-state index contributed by atoms with van der Waals surface area (Å²) in [5, 5.41) is 3.06. The van der Waals surface area contributed by atoms with Crippen molar-refractivity contribution in [1.82, 2.24) is 4.98 Å². The predicted octanol–water partition coefficient (Wildman–Crippen LogP) is 3.86. The molecule has 6 nitrogen and oxygen atoms in total. The average molecular weight is 333 g/mol. The normalized spacial score (nSPS) is 11.4. The summed E-state index contributed by atoms with van der Waals surface area (Å²) < 4.78 is 10.5. The summed E-state index contributed by atoms with van der Waals surface area (Å²) in [6, 6.07) is 8.93. The van der Waals surface area contributed by atoms with Crippen LogP contribution < -0.4 is 10.1 Å². The van der Waals surface area contributed by atoms with Gasteiger partial charge in [-0.15, -0.1) is 11.3 Å². The highest BCUT2D eigenvalue weighted by Crippen LogP contribution is 2.23. The first-order valence-corrected chi connectivity index (χ1v) is 7.94. The molecule has 1 aromatic heterocycles. The van der Waals surface area contributed by atoms with Gasteiger partial charge in [-0.05, 0) is 32.9 Å². The highest BCUT2D eigenvalue weighted by Gasteiger charge is 2.16. The van der Waals surface area contributed by atoms with E-state index in [0.717, 1.165) is 4.88 Å². The molecule has 0 bridgehead atoms. The van der Waals surface area contributed by atoms with Gasteiger partial charge in [0.2, 0.25) is 5.90 Å². The van der Waals surface area contributed by atoms with Gasteiger partial charge in [0.1, 0.15) is 11.4 Å². The Bertz CT molecular complexity index is 696. The number of benzene rings is 1. The first kappa shape index (κ1) is 17.0. The summed E-state index contributed by atoms with van der Waals surface area (Å²) in [7, 11) is 1.55. The van der Waals surface area contributed by atoms with Crippen LogP contribution in [0.15, 0.2) is 35.3 Å². The van der Waals surface area contributed by atoms with Gasteiger partial charge in [-0.25, -0.2) is 14.8 Å². The van der Waals surface area contributed by atoms with Gasteiger partial charge in [0.05, 0.1) is 7.11 Å². The summed E-state index contributed by atoms with van der Waals surface area (Å²) in [4.78, 5) is 21.5. The second kappa shape index (κ2) is 7.73. The van der Waals surface area contributed by atoms with Gasteiger partial charge in [-0.2, -0.15) is 0 Å². The molecular formula is C16H19N3O3S. The Hall–Kier alpha value is -2.41. The molecule has 122 valence electrons. The van der Waals surface area contributed by atoms with Gasteiger partial charge in [0.25, 0.3) is 0 Å². The minimum absolute atomic E-state index is 0.0884. The molecule has 0 unspecified atom stereocenters. The van der Waals surface area contributed by atoms with E-state index in [1.165, 1.54) is 11.3 Å². The standard InChI is InChI=1S/C16H19N3O3S/c1-10(2)17-14(21-4)13-11(3)23-15(18-13)19-16(20)22-12-8-6-5-7-9-12/h5-10H,1-4H3,(H,18,19,20). The second-order valence-electron chi connectivity index (χ2n) is 4.98.